The fourth-order valence-corrected chi connectivity index (χ4v) is 2.03. The van der Waals surface area contributed by atoms with Crippen LogP contribution in [0.2, 0.25) is 0 Å². The molecule has 1 aliphatic carbocycles. The van der Waals surface area contributed by atoms with Crippen LogP contribution in [0, 0.1) is 5.92 Å². The van der Waals surface area contributed by atoms with Gasteiger partial charge in [-0.15, -0.1) is 0 Å². The molecule has 0 unspecified atom stereocenters. The van der Waals surface area contributed by atoms with Gasteiger partial charge in [0.1, 0.15) is 0 Å². The average Bonchev–Trinajstić information content (AvgIpc) is 2.64. The fraction of sp³-hybridized carbons (Fsp3) is 1.00. The van der Waals surface area contributed by atoms with E-state index in [2.05, 4.69) is 23.9 Å². The molecule has 10 heavy (non-hydrogen) atoms. The van der Waals surface area contributed by atoms with Gasteiger partial charge in [-0.3, -0.25) is 9.80 Å². The lowest BCUT2D eigenvalue weighted by Crippen LogP contribution is -2.36. The van der Waals surface area contributed by atoms with Gasteiger partial charge in [-0.2, -0.15) is 0 Å². The van der Waals surface area contributed by atoms with Crippen molar-refractivity contribution in [2.75, 3.05) is 27.2 Å². The van der Waals surface area contributed by atoms with Gasteiger partial charge in [-0.05, 0) is 32.9 Å². The second kappa shape index (κ2) is 2.21. The summed E-state index contributed by atoms with van der Waals surface area (Å²) in [5, 5.41) is 0. The van der Waals surface area contributed by atoms with E-state index in [1.165, 1.54) is 25.9 Å². The van der Waals surface area contributed by atoms with Crippen LogP contribution in [-0.4, -0.2) is 43.2 Å². The molecule has 0 aromatic carbocycles. The molecule has 2 rings (SSSR count). The van der Waals surface area contributed by atoms with Crippen LogP contribution in [0.1, 0.15) is 12.8 Å². The highest BCUT2D eigenvalue weighted by Crippen LogP contribution is 2.37. The Bertz CT molecular complexity index is 121. The zero-order valence-corrected chi connectivity index (χ0v) is 6.88. The van der Waals surface area contributed by atoms with Crippen LogP contribution in [0.3, 0.4) is 0 Å². The number of hydrogen-bond donors (Lipinski definition) is 0. The van der Waals surface area contributed by atoms with Gasteiger partial charge in [-0.25, -0.2) is 0 Å². The van der Waals surface area contributed by atoms with Crippen molar-refractivity contribution in [3.8, 4) is 0 Å². The molecule has 2 aliphatic rings. The van der Waals surface area contributed by atoms with Crippen LogP contribution >= 0.6 is 0 Å². The standard InChI is InChI=1S/C8H16N2/c1-9-5-6-10(2)8(9)7-3-4-7/h7-8H,3-6H2,1-2H3. The highest BCUT2D eigenvalue weighted by molar-refractivity contribution is 4.90. The van der Waals surface area contributed by atoms with Crippen molar-refractivity contribution in [3.05, 3.63) is 0 Å². The van der Waals surface area contributed by atoms with Gasteiger partial charge in [0.15, 0.2) is 0 Å². The minimum Gasteiger partial charge on any atom is -0.289 e. The second-order valence-corrected chi connectivity index (χ2v) is 3.71. The molecule has 1 heterocycles. The number of likely N-dealkylation sites (N-methyl/N-ethyl adjacent to an activating group) is 2. The van der Waals surface area contributed by atoms with E-state index in [0.717, 1.165) is 12.1 Å². The van der Waals surface area contributed by atoms with E-state index in [9.17, 15) is 0 Å². The quantitative estimate of drug-likeness (QED) is 0.526. The molecule has 2 nitrogen and oxygen atoms in total. The van der Waals surface area contributed by atoms with Gasteiger partial charge < -0.3 is 0 Å². The Kier molecular flexibility index (Phi) is 1.46. The smallest absolute Gasteiger partial charge is 0.0647 e. The van der Waals surface area contributed by atoms with E-state index in [-0.39, 0.29) is 0 Å². The number of nitrogens with zero attached hydrogens (tertiary/aromatic N) is 2. The predicted molar refractivity (Wildman–Crippen MR) is 41.8 cm³/mol. The highest BCUT2D eigenvalue weighted by atomic mass is 15.4. The minimum absolute atomic E-state index is 0.778. The molecule has 1 saturated carbocycles. The summed E-state index contributed by atoms with van der Waals surface area (Å²) in [6.45, 7) is 2.52. The second-order valence-electron chi connectivity index (χ2n) is 3.71. The monoisotopic (exact) mass is 140 g/mol. The van der Waals surface area contributed by atoms with Crippen molar-refractivity contribution >= 4 is 0 Å². The predicted octanol–water partition coefficient (Wildman–Crippen LogP) is 0.600. The number of hydrogen-bond acceptors (Lipinski definition) is 2. The van der Waals surface area contributed by atoms with Crippen LogP contribution < -0.4 is 0 Å². The Morgan fingerprint density at radius 2 is 1.50 bits per heavy atom. The summed E-state index contributed by atoms with van der Waals surface area (Å²) < 4.78 is 0. The van der Waals surface area contributed by atoms with Crippen LogP contribution in [0.25, 0.3) is 0 Å². The Balaban J connectivity index is 2.01. The number of rotatable bonds is 1. The molecule has 1 saturated heterocycles. The van der Waals surface area contributed by atoms with Gasteiger partial charge >= 0.3 is 0 Å². The third kappa shape index (κ3) is 0.956. The topological polar surface area (TPSA) is 6.48 Å². The third-order valence-electron chi connectivity index (χ3n) is 2.75. The fourth-order valence-electron chi connectivity index (χ4n) is 2.03. The van der Waals surface area contributed by atoms with Gasteiger partial charge in [0.2, 0.25) is 0 Å². The lowest BCUT2D eigenvalue weighted by atomic mass is 10.3. The van der Waals surface area contributed by atoms with Crippen molar-refractivity contribution in [3.63, 3.8) is 0 Å². The lowest BCUT2D eigenvalue weighted by Gasteiger charge is -2.24. The average molecular weight is 140 g/mol. The summed E-state index contributed by atoms with van der Waals surface area (Å²) in [6.07, 6.45) is 3.69. The van der Waals surface area contributed by atoms with Crippen molar-refractivity contribution in [1.29, 1.82) is 0 Å². The van der Waals surface area contributed by atoms with Crippen molar-refractivity contribution in [2.45, 2.75) is 19.0 Å². The van der Waals surface area contributed by atoms with E-state index in [1.807, 2.05) is 0 Å². The van der Waals surface area contributed by atoms with Crippen LogP contribution in [-0.2, 0) is 0 Å². The summed E-state index contributed by atoms with van der Waals surface area (Å²) in [5.41, 5.74) is 0. The molecule has 0 amide bonds. The lowest BCUT2D eigenvalue weighted by molar-refractivity contribution is 0.162. The summed E-state index contributed by atoms with van der Waals surface area (Å²) >= 11 is 0. The maximum Gasteiger partial charge on any atom is 0.0647 e. The van der Waals surface area contributed by atoms with E-state index in [0.29, 0.717) is 0 Å². The molecule has 0 atom stereocenters. The van der Waals surface area contributed by atoms with Crippen molar-refractivity contribution in [2.24, 2.45) is 5.92 Å². The van der Waals surface area contributed by atoms with Crippen LogP contribution in [0.4, 0.5) is 0 Å². The van der Waals surface area contributed by atoms with E-state index in [4.69, 9.17) is 0 Å². The molecule has 2 fully saturated rings. The van der Waals surface area contributed by atoms with Crippen molar-refractivity contribution < 1.29 is 0 Å². The van der Waals surface area contributed by atoms with Gasteiger partial charge in [0.05, 0.1) is 6.17 Å². The first-order valence-electron chi connectivity index (χ1n) is 4.19. The van der Waals surface area contributed by atoms with E-state index in [1.54, 1.807) is 0 Å². The van der Waals surface area contributed by atoms with Crippen LogP contribution in [0.5, 0.6) is 0 Å². The summed E-state index contributed by atoms with van der Waals surface area (Å²) in [4.78, 5) is 4.97. The van der Waals surface area contributed by atoms with Gasteiger partial charge in [-0.1, -0.05) is 0 Å². The molecular weight excluding hydrogens is 124 g/mol. The Morgan fingerprint density at radius 1 is 1.00 bits per heavy atom. The van der Waals surface area contributed by atoms with Crippen LogP contribution in [0.15, 0.2) is 0 Å². The normalized spacial score (nSPS) is 31.8. The van der Waals surface area contributed by atoms with Crippen molar-refractivity contribution in [1.82, 2.24) is 9.80 Å². The molecule has 0 aromatic heterocycles. The molecule has 0 spiro atoms. The molecule has 0 bridgehead atoms. The molecule has 0 aromatic rings. The van der Waals surface area contributed by atoms with Gasteiger partial charge in [0, 0.05) is 13.1 Å². The summed E-state index contributed by atoms with van der Waals surface area (Å²) in [5.74, 6) is 0.998. The maximum atomic E-state index is 2.48. The van der Waals surface area contributed by atoms with E-state index < -0.39 is 0 Å². The molecule has 0 radical (unpaired) electrons. The minimum atomic E-state index is 0.778. The van der Waals surface area contributed by atoms with E-state index >= 15 is 0 Å². The zero-order chi connectivity index (χ0) is 7.14. The molecule has 58 valence electrons. The Hall–Kier alpha value is -0.0800. The largest absolute Gasteiger partial charge is 0.289 e. The molecule has 0 N–H and O–H groups in total. The molecule has 2 heteroatoms. The molecular formula is C8H16N2. The Morgan fingerprint density at radius 3 is 1.90 bits per heavy atom. The first-order chi connectivity index (χ1) is 4.79. The Labute approximate surface area is 62.8 Å². The SMILES string of the molecule is CN1CCN(C)C1C1CC1. The first-order valence-corrected chi connectivity index (χ1v) is 4.19. The zero-order valence-electron chi connectivity index (χ0n) is 6.88. The molecule has 1 aliphatic heterocycles. The first kappa shape index (κ1) is 6.62. The highest BCUT2D eigenvalue weighted by Gasteiger charge is 2.39. The summed E-state index contributed by atoms with van der Waals surface area (Å²) in [7, 11) is 4.49. The summed E-state index contributed by atoms with van der Waals surface area (Å²) in [6, 6.07) is 0. The maximum absolute atomic E-state index is 2.48. The third-order valence-corrected chi connectivity index (χ3v) is 2.75. The van der Waals surface area contributed by atoms with Gasteiger partial charge in [0.25, 0.3) is 0 Å².